The monoisotopic (exact) mass is 504 g/mol. The lowest BCUT2D eigenvalue weighted by atomic mass is 9.95. The average Bonchev–Trinajstić information content (AvgIpc) is 3.47. The van der Waals surface area contributed by atoms with Gasteiger partial charge in [0.15, 0.2) is 17.5 Å². The highest BCUT2D eigenvalue weighted by atomic mass is 16.6. The average molecular weight is 505 g/mol. The number of fused-ring (bicyclic) bond motifs is 1. The molecule has 8 nitrogen and oxygen atoms in total. The van der Waals surface area contributed by atoms with E-state index in [9.17, 15) is 9.59 Å². The Balaban J connectivity index is 1.49. The maximum atomic E-state index is 14.1. The quantitative estimate of drug-likeness (QED) is 0.480. The second-order valence-electron chi connectivity index (χ2n) is 9.40. The maximum Gasteiger partial charge on any atom is 0.268 e. The summed E-state index contributed by atoms with van der Waals surface area (Å²) in [6.07, 6.45) is 5.76. The molecule has 0 unspecified atom stereocenters. The summed E-state index contributed by atoms with van der Waals surface area (Å²) in [5, 5.41) is 3.18. The number of hydrogen-bond donors (Lipinski definition) is 1. The van der Waals surface area contributed by atoms with E-state index in [-0.39, 0.29) is 31.0 Å². The van der Waals surface area contributed by atoms with Gasteiger partial charge in [-0.05, 0) is 43.2 Å². The Morgan fingerprint density at radius 2 is 1.76 bits per heavy atom. The van der Waals surface area contributed by atoms with Gasteiger partial charge in [-0.25, -0.2) is 0 Å². The molecule has 2 heterocycles. The standard InChI is InChI=1S/C29H32N2O6/c1-34-22-13-6-5-10-20(22)18-31(29(33)26-19-36-23-14-7-8-15-24(23)37-26)27(25-16-9-17-35-25)28(32)30-21-11-3-2-4-12-21/h5-10,13-17,21,26-27H,2-4,11-12,18-19H2,1H3,(H,30,32)/t26-,27-/m1/s1. The lowest BCUT2D eigenvalue weighted by Gasteiger charge is -2.35. The van der Waals surface area contributed by atoms with E-state index in [2.05, 4.69) is 5.32 Å². The van der Waals surface area contributed by atoms with E-state index in [1.54, 1.807) is 31.4 Å². The molecule has 1 aliphatic carbocycles. The third-order valence-corrected chi connectivity index (χ3v) is 6.92. The van der Waals surface area contributed by atoms with Gasteiger partial charge in [-0.15, -0.1) is 0 Å². The van der Waals surface area contributed by atoms with Crippen LogP contribution in [0.15, 0.2) is 71.3 Å². The molecule has 2 atom stereocenters. The van der Waals surface area contributed by atoms with Crippen LogP contribution in [0.2, 0.25) is 0 Å². The second kappa shape index (κ2) is 11.4. The van der Waals surface area contributed by atoms with Crippen LogP contribution in [0.25, 0.3) is 0 Å². The number of ether oxygens (including phenoxy) is 3. The van der Waals surface area contributed by atoms with E-state index < -0.39 is 12.1 Å². The molecular formula is C29H32N2O6. The fourth-order valence-corrected chi connectivity index (χ4v) is 5.04. The van der Waals surface area contributed by atoms with Crippen LogP contribution in [0.3, 0.4) is 0 Å². The first kappa shape index (κ1) is 24.7. The molecule has 1 fully saturated rings. The van der Waals surface area contributed by atoms with Crippen molar-refractivity contribution in [1.29, 1.82) is 0 Å². The Labute approximate surface area is 216 Å². The van der Waals surface area contributed by atoms with E-state index >= 15 is 0 Å². The summed E-state index contributed by atoms with van der Waals surface area (Å²) in [5.41, 5.74) is 0.762. The molecule has 5 rings (SSSR count). The summed E-state index contributed by atoms with van der Waals surface area (Å²) in [4.78, 5) is 29.4. The highest BCUT2D eigenvalue weighted by molar-refractivity contribution is 5.90. The zero-order chi connectivity index (χ0) is 25.6. The van der Waals surface area contributed by atoms with Gasteiger partial charge in [-0.3, -0.25) is 9.59 Å². The number of methoxy groups -OCH3 is 1. The summed E-state index contributed by atoms with van der Waals surface area (Å²) >= 11 is 0. The van der Waals surface area contributed by atoms with E-state index in [1.807, 2.05) is 36.4 Å². The number of nitrogens with zero attached hydrogens (tertiary/aromatic N) is 1. The third-order valence-electron chi connectivity index (χ3n) is 6.92. The van der Waals surface area contributed by atoms with E-state index in [0.717, 1.165) is 31.2 Å². The molecule has 1 N–H and O–H groups in total. The first-order chi connectivity index (χ1) is 18.1. The molecule has 0 spiro atoms. The van der Waals surface area contributed by atoms with Crippen molar-refractivity contribution in [2.75, 3.05) is 13.7 Å². The SMILES string of the molecule is COc1ccccc1CN(C(=O)[C@H]1COc2ccccc2O1)[C@@H](C(=O)NC1CCCCC1)c1ccco1. The molecular weight excluding hydrogens is 472 g/mol. The number of benzene rings is 2. The van der Waals surface area contributed by atoms with Gasteiger partial charge in [0, 0.05) is 11.6 Å². The van der Waals surface area contributed by atoms with Gasteiger partial charge < -0.3 is 28.8 Å². The predicted molar refractivity (Wildman–Crippen MR) is 136 cm³/mol. The lowest BCUT2D eigenvalue weighted by Crippen LogP contribution is -2.52. The molecule has 8 heteroatoms. The van der Waals surface area contributed by atoms with Crippen LogP contribution in [-0.2, 0) is 16.1 Å². The van der Waals surface area contributed by atoms with Crippen molar-refractivity contribution in [2.45, 2.75) is 56.8 Å². The number of furan rings is 1. The van der Waals surface area contributed by atoms with Crippen molar-refractivity contribution < 1.29 is 28.2 Å². The topological polar surface area (TPSA) is 90.2 Å². The number of carbonyl (C=O) groups excluding carboxylic acids is 2. The molecule has 2 amide bonds. The van der Waals surface area contributed by atoms with Crippen LogP contribution >= 0.6 is 0 Å². The second-order valence-corrected chi connectivity index (χ2v) is 9.40. The summed E-state index contributed by atoms with van der Waals surface area (Å²) in [7, 11) is 1.58. The number of hydrogen-bond acceptors (Lipinski definition) is 6. The summed E-state index contributed by atoms with van der Waals surface area (Å²) in [6, 6.07) is 17.2. The molecule has 3 aromatic rings. The van der Waals surface area contributed by atoms with Gasteiger partial charge >= 0.3 is 0 Å². The molecule has 1 saturated carbocycles. The van der Waals surface area contributed by atoms with Gasteiger partial charge in [0.25, 0.3) is 11.8 Å². The Kier molecular flexibility index (Phi) is 7.63. The van der Waals surface area contributed by atoms with Crippen LogP contribution in [0.5, 0.6) is 17.2 Å². The Bertz CT molecular complexity index is 1200. The fraction of sp³-hybridized carbons (Fsp3) is 0.379. The number of para-hydroxylation sites is 3. The summed E-state index contributed by atoms with van der Waals surface area (Å²) in [5.74, 6) is 1.43. The summed E-state index contributed by atoms with van der Waals surface area (Å²) < 4.78 is 23.2. The van der Waals surface area contributed by atoms with Crippen molar-refractivity contribution in [2.24, 2.45) is 0 Å². The first-order valence-corrected chi connectivity index (χ1v) is 12.8. The molecule has 37 heavy (non-hydrogen) atoms. The smallest absolute Gasteiger partial charge is 0.268 e. The normalized spacial score (nSPS) is 18.0. The van der Waals surface area contributed by atoms with Gasteiger partial charge in [0.1, 0.15) is 18.1 Å². The molecule has 0 radical (unpaired) electrons. The Morgan fingerprint density at radius 3 is 2.51 bits per heavy atom. The van der Waals surface area contributed by atoms with Gasteiger partial charge in [-0.1, -0.05) is 49.6 Å². The minimum Gasteiger partial charge on any atom is -0.496 e. The van der Waals surface area contributed by atoms with Crippen molar-refractivity contribution in [1.82, 2.24) is 10.2 Å². The third kappa shape index (κ3) is 5.58. The van der Waals surface area contributed by atoms with Crippen LogP contribution in [0.4, 0.5) is 0 Å². The highest BCUT2D eigenvalue weighted by Crippen LogP contribution is 2.34. The van der Waals surface area contributed by atoms with E-state index in [4.69, 9.17) is 18.6 Å². The molecule has 0 saturated heterocycles. The Morgan fingerprint density at radius 1 is 1.00 bits per heavy atom. The number of amides is 2. The van der Waals surface area contributed by atoms with Crippen molar-refractivity contribution in [3.05, 3.63) is 78.3 Å². The maximum absolute atomic E-state index is 14.1. The molecule has 2 aliphatic rings. The lowest BCUT2D eigenvalue weighted by molar-refractivity contribution is -0.150. The van der Waals surface area contributed by atoms with Crippen LogP contribution < -0.4 is 19.5 Å². The zero-order valence-electron chi connectivity index (χ0n) is 20.9. The first-order valence-electron chi connectivity index (χ1n) is 12.8. The van der Waals surface area contributed by atoms with E-state index in [0.29, 0.717) is 23.0 Å². The predicted octanol–water partition coefficient (Wildman–Crippen LogP) is 4.65. The highest BCUT2D eigenvalue weighted by Gasteiger charge is 2.40. The van der Waals surface area contributed by atoms with Crippen molar-refractivity contribution in [3.8, 4) is 17.2 Å². The van der Waals surface area contributed by atoms with Gasteiger partial charge in [0.2, 0.25) is 6.10 Å². The molecule has 1 aliphatic heterocycles. The largest absolute Gasteiger partial charge is 0.496 e. The molecule has 2 aromatic carbocycles. The molecule has 1 aromatic heterocycles. The Hall–Kier alpha value is -3.94. The van der Waals surface area contributed by atoms with Gasteiger partial charge in [-0.2, -0.15) is 0 Å². The summed E-state index contributed by atoms with van der Waals surface area (Å²) in [6.45, 7) is 0.154. The van der Waals surface area contributed by atoms with Crippen LogP contribution in [0.1, 0.15) is 49.5 Å². The van der Waals surface area contributed by atoms with Crippen LogP contribution in [0, 0.1) is 0 Å². The van der Waals surface area contributed by atoms with E-state index in [1.165, 1.54) is 17.6 Å². The van der Waals surface area contributed by atoms with Gasteiger partial charge in [0.05, 0.1) is 19.9 Å². The molecule has 194 valence electrons. The van der Waals surface area contributed by atoms with Crippen molar-refractivity contribution in [3.63, 3.8) is 0 Å². The zero-order valence-corrected chi connectivity index (χ0v) is 20.9. The fourth-order valence-electron chi connectivity index (χ4n) is 5.04. The number of rotatable bonds is 8. The minimum absolute atomic E-state index is 0.0351. The van der Waals surface area contributed by atoms with Crippen LogP contribution in [-0.4, -0.2) is 42.6 Å². The minimum atomic E-state index is -0.991. The number of carbonyl (C=O) groups is 2. The molecule has 0 bridgehead atoms. The van der Waals surface area contributed by atoms with Crippen molar-refractivity contribution >= 4 is 11.8 Å². The number of nitrogens with one attached hydrogen (secondary N) is 1.